The Bertz CT molecular complexity index is 534. The van der Waals surface area contributed by atoms with Crippen LogP contribution >= 0.6 is 0 Å². The van der Waals surface area contributed by atoms with Crippen LogP contribution in [0.15, 0.2) is 35.9 Å². The van der Waals surface area contributed by atoms with E-state index in [9.17, 15) is 9.59 Å². The lowest BCUT2D eigenvalue weighted by Gasteiger charge is -2.13. The summed E-state index contributed by atoms with van der Waals surface area (Å²) in [5, 5.41) is 11.9. The fraction of sp³-hybridized carbons (Fsp3) is 0.375. The summed E-state index contributed by atoms with van der Waals surface area (Å²) in [6.45, 7) is 0.554. The number of hydrogen-bond acceptors (Lipinski definition) is 2. The molecule has 106 valence electrons. The van der Waals surface area contributed by atoms with Crippen LogP contribution in [0.5, 0.6) is 0 Å². The lowest BCUT2D eigenvalue weighted by atomic mass is 9.97. The van der Waals surface area contributed by atoms with E-state index in [-0.39, 0.29) is 17.0 Å². The molecule has 0 bridgehead atoms. The third-order valence-electron chi connectivity index (χ3n) is 3.52. The highest BCUT2D eigenvalue weighted by Crippen LogP contribution is 2.19. The van der Waals surface area contributed by atoms with Crippen LogP contribution in [-0.2, 0) is 0 Å². The van der Waals surface area contributed by atoms with Gasteiger partial charge in [-0.05, 0) is 44.2 Å². The van der Waals surface area contributed by atoms with E-state index in [0.29, 0.717) is 6.54 Å². The van der Waals surface area contributed by atoms with E-state index in [1.54, 1.807) is 18.2 Å². The Balaban J connectivity index is 1.92. The number of aromatic carboxylic acids is 1. The molecule has 20 heavy (non-hydrogen) atoms. The highest BCUT2D eigenvalue weighted by atomic mass is 16.4. The van der Waals surface area contributed by atoms with Gasteiger partial charge in [-0.1, -0.05) is 23.8 Å². The number of carbonyl (C=O) groups excluding carboxylic acids is 1. The quantitative estimate of drug-likeness (QED) is 0.810. The van der Waals surface area contributed by atoms with Crippen LogP contribution in [0.2, 0.25) is 0 Å². The summed E-state index contributed by atoms with van der Waals surface area (Å²) in [5.74, 6) is -1.40. The average Bonchev–Trinajstić information content (AvgIpc) is 2.48. The highest BCUT2D eigenvalue weighted by molar-refractivity contribution is 6.04. The van der Waals surface area contributed by atoms with Crippen LogP contribution in [0, 0.1) is 0 Å². The Morgan fingerprint density at radius 2 is 1.90 bits per heavy atom. The van der Waals surface area contributed by atoms with Crippen LogP contribution in [0.25, 0.3) is 0 Å². The van der Waals surface area contributed by atoms with Crippen molar-refractivity contribution in [2.24, 2.45) is 0 Å². The van der Waals surface area contributed by atoms with Crippen molar-refractivity contribution in [1.82, 2.24) is 5.32 Å². The summed E-state index contributed by atoms with van der Waals surface area (Å²) < 4.78 is 0. The van der Waals surface area contributed by atoms with E-state index in [4.69, 9.17) is 5.11 Å². The maximum absolute atomic E-state index is 12.0. The molecule has 0 spiro atoms. The zero-order valence-electron chi connectivity index (χ0n) is 11.4. The van der Waals surface area contributed by atoms with Gasteiger partial charge in [-0.15, -0.1) is 0 Å². The fourth-order valence-electron chi connectivity index (χ4n) is 2.43. The first kappa shape index (κ1) is 14.3. The lowest BCUT2D eigenvalue weighted by Crippen LogP contribution is -2.26. The Hall–Kier alpha value is -2.10. The van der Waals surface area contributed by atoms with Gasteiger partial charge in [0.1, 0.15) is 0 Å². The molecule has 0 unspecified atom stereocenters. The normalized spacial score (nSPS) is 14.5. The molecule has 0 atom stereocenters. The summed E-state index contributed by atoms with van der Waals surface area (Å²) in [6.07, 6.45) is 7.82. The van der Waals surface area contributed by atoms with Gasteiger partial charge in [0.15, 0.2) is 0 Å². The van der Waals surface area contributed by atoms with E-state index in [1.807, 2.05) is 0 Å². The van der Waals surface area contributed by atoms with E-state index >= 15 is 0 Å². The lowest BCUT2D eigenvalue weighted by molar-refractivity contribution is 0.0691. The van der Waals surface area contributed by atoms with Crippen molar-refractivity contribution in [3.05, 3.63) is 47.0 Å². The minimum Gasteiger partial charge on any atom is -0.478 e. The second kappa shape index (κ2) is 6.89. The third kappa shape index (κ3) is 3.70. The van der Waals surface area contributed by atoms with Gasteiger partial charge in [0.05, 0.1) is 11.1 Å². The number of amides is 1. The number of carboxylic acids is 1. The predicted molar refractivity (Wildman–Crippen MR) is 76.9 cm³/mol. The molecule has 2 N–H and O–H groups in total. The van der Waals surface area contributed by atoms with Crippen LogP contribution in [0.1, 0.15) is 52.8 Å². The van der Waals surface area contributed by atoms with Gasteiger partial charge in [0.25, 0.3) is 5.91 Å². The number of hydrogen-bond donors (Lipinski definition) is 2. The topological polar surface area (TPSA) is 66.4 Å². The summed E-state index contributed by atoms with van der Waals surface area (Å²) >= 11 is 0. The number of rotatable bonds is 5. The Labute approximate surface area is 118 Å². The molecule has 0 heterocycles. The molecule has 2 rings (SSSR count). The molecule has 1 amide bonds. The highest BCUT2D eigenvalue weighted by Gasteiger charge is 2.15. The minimum absolute atomic E-state index is 0.0434. The van der Waals surface area contributed by atoms with Crippen molar-refractivity contribution in [1.29, 1.82) is 0 Å². The number of carboxylic acid groups (broad SMARTS) is 1. The monoisotopic (exact) mass is 273 g/mol. The SMILES string of the molecule is O=C(O)c1ccccc1C(=O)NCCC1=CCCCC1. The Morgan fingerprint density at radius 3 is 2.55 bits per heavy atom. The molecule has 0 radical (unpaired) electrons. The third-order valence-corrected chi connectivity index (χ3v) is 3.52. The molecule has 0 fully saturated rings. The van der Waals surface area contributed by atoms with Gasteiger partial charge in [0.2, 0.25) is 0 Å². The van der Waals surface area contributed by atoms with Crippen molar-refractivity contribution >= 4 is 11.9 Å². The van der Waals surface area contributed by atoms with Crippen molar-refractivity contribution in [3.63, 3.8) is 0 Å². The minimum atomic E-state index is -1.08. The molecule has 1 aliphatic carbocycles. The number of allylic oxidation sites excluding steroid dienone is 1. The molecule has 0 saturated carbocycles. The van der Waals surface area contributed by atoms with E-state index < -0.39 is 5.97 Å². The summed E-state index contributed by atoms with van der Waals surface area (Å²) in [5.41, 5.74) is 1.66. The molecule has 1 aromatic carbocycles. The molecular formula is C16H19NO3. The van der Waals surface area contributed by atoms with Crippen LogP contribution in [0.3, 0.4) is 0 Å². The first-order chi connectivity index (χ1) is 9.68. The largest absolute Gasteiger partial charge is 0.478 e. The average molecular weight is 273 g/mol. The van der Waals surface area contributed by atoms with Crippen LogP contribution < -0.4 is 5.32 Å². The molecule has 4 heteroatoms. The van der Waals surface area contributed by atoms with Crippen LogP contribution in [0.4, 0.5) is 0 Å². The van der Waals surface area contributed by atoms with Crippen molar-refractivity contribution < 1.29 is 14.7 Å². The van der Waals surface area contributed by atoms with Gasteiger partial charge in [0, 0.05) is 6.54 Å². The van der Waals surface area contributed by atoms with Crippen molar-refractivity contribution in [3.8, 4) is 0 Å². The molecule has 1 aliphatic rings. The molecule has 4 nitrogen and oxygen atoms in total. The van der Waals surface area contributed by atoms with Gasteiger partial charge in [-0.3, -0.25) is 4.79 Å². The molecule has 0 aliphatic heterocycles. The number of nitrogens with one attached hydrogen (secondary N) is 1. The summed E-state index contributed by atoms with van der Waals surface area (Å²) in [4.78, 5) is 23.1. The zero-order valence-corrected chi connectivity index (χ0v) is 11.4. The standard InChI is InChI=1S/C16H19NO3/c18-15(13-8-4-5-9-14(13)16(19)20)17-11-10-12-6-2-1-3-7-12/h4-6,8-9H,1-3,7,10-11H2,(H,17,18)(H,19,20). The van der Waals surface area contributed by atoms with E-state index in [1.165, 1.54) is 24.5 Å². The molecule has 1 aromatic rings. The smallest absolute Gasteiger partial charge is 0.336 e. The molecular weight excluding hydrogens is 254 g/mol. The maximum atomic E-state index is 12.0. The van der Waals surface area contributed by atoms with Crippen LogP contribution in [-0.4, -0.2) is 23.5 Å². The van der Waals surface area contributed by atoms with Gasteiger partial charge < -0.3 is 10.4 Å². The van der Waals surface area contributed by atoms with Crippen molar-refractivity contribution in [2.45, 2.75) is 32.1 Å². The van der Waals surface area contributed by atoms with E-state index in [0.717, 1.165) is 19.3 Å². The van der Waals surface area contributed by atoms with Gasteiger partial charge in [-0.2, -0.15) is 0 Å². The second-order valence-electron chi connectivity index (χ2n) is 4.96. The van der Waals surface area contributed by atoms with Gasteiger partial charge >= 0.3 is 5.97 Å². The predicted octanol–water partition coefficient (Wildman–Crippen LogP) is 3.01. The Morgan fingerprint density at radius 1 is 1.15 bits per heavy atom. The first-order valence-corrected chi connectivity index (χ1v) is 6.97. The van der Waals surface area contributed by atoms with Crippen molar-refractivity contribution in [2.75, 3.05) is 6.54 Å². The fourth-order valence-corrected chi connectivity index (χ4v) is 2.43. The number of carbonyl (C=O) groups is 2. The Kier molecular flexibility index (Phi) is 4.93. The maximum Gasteiger partial charge on any atom is 0.336 e. The molecule has 0 saturated heterocycles. The number of benzene rings is 1. The zero-order chi connectivity index (χ0) is 14.4. The summed E-state index contributed by atoms with van der Waals surface area (Å²) in [7, 11) is 0. The first-order valence-electron chi connectivity index (χ1n) is 6.97. The second-order valence-corrected chi connectivity index (χ2v) is 4.96. The van der Waals surface area contributed by atoms with E-state index in [2.05, 4.69) is 11.4 Å². The summed E-state index contributed by atoms with van der Waals surface area (Å²) in [6, 6.07) is 6.28. The molecule has 0 aromatic heterocycles. The van der Waals surface area contributed by atoms with Gasteiger partial charge in [-0.25, -0.2) is 4.79 Å².